The van der Waals surface area contributed by atoms with Gasteiger partial charge in [0.05, 0.1) is 0 Å². The molecule has 0 spiro atoms. The minimum atomic E-state index is 0.643. The lowest BCUT2D eigenvalue weighted by Crippen LogP contribution is -1.95. The van der Waals surface area contributed by atoms with E-state index in [2.05, 4.69) is 45.8 Å². The van der Waals surface area contributed by atoms with Crippen molar-refractivity contribution in [2.45, 2.75) is 4.90 Å². The molecule has 0 unspecified atom stereocenters. The number of anilines is 1. The van der Waals surface area contributed by atoms with Crippen LogP contribution in [0.25, 0.3) is 11.1 Å². The van der Waals surface area contributed by atoms with Crippen molar-refractivity contribution in [3.63, 3.8) is 0 Å². The van der Waals surface area contributed by atoms with Crippen LogP contribution in [0.1, 0.15) is 0 Å². The van der Waals surface area contributed by atoms with E-state index in [0.29, 0.717) is 5.95 Å². The van der Waals surface area contributed by atoms with Crippen LogP contribution < -0.4 is 5.32 Å². The van der Waals surface area contributed by atoms with Gasteiger partial charge in [-0.05, 0) is 24.0 Å². The van der Waals surface area contributed by atoms with E-state index in [1.54, 1.807) is 11.8 Å². The Hall–Kier alpha value is -1.55. The van der Waals surface area contributed by atoms with Crippen LogP contribution in [-0.4, -0.2) is 23.3 Å². The Morgan fingerprint density at radius 2 is 1.62 bits per heavy atom. The standard InChI is InChI=1S/C12H13N3S/c1-13-12-14-7-10(8-15-12)9-3-5-11(16-2)6-4-9/h3-8H,1-2H3,(H,13,14,15). The third-order valence-electron chi connectivity index (χ3n) is 2.30. The summed E-state index contributed by atoms with van der Waals surface area (Å²) in [5.41, 5.74) is 2.17. The number of thioether (sulfide) groups is 1. The van der Waals surface area contributed by atoms with Crippen molar-refractivity contribution >= 4 is 17.7 Å². The zero-order valence-electron chi connectivity index (χ0n) is 9.27. The monoisotopic (exact) mass is 231 g/mol. The molecule has 0 saturated carbocycles. The summed E-state index contributed by atoms with van der Waals surface area (Å²) in [4.78, 5) is 9.64. The second-order valence-corrected chi connectivity index (χ2v) is 4.15. The Labute approximate surface area is 99.3 Å². The fourth-order valence-electron chi connectivity index (χ4n) is 1.39. The van der Waals surface area contributed by atoms with E-state index in [1.807, 2.05) is 19.4 Å². The molecule has 0 aliphatic rings. The van der Waals surface area contributed by atoms with Gasteiger partial charge in [0.15, 0.2) is 0 Å². The maximum atomic E-state index is 4.19. The third kappa shape index (κ3) is 2.33. The smallest absolute Gasteiger partial charge is 0.222 e. The van der Waals surface area contributed by atoms with E-state index in [9.17, 15) is 0 Å². The van der Waals surface area contributed by atoms with E-state index in [4.69, 9.17) is 0 Å². The first kappa shape index (κ1) is 11.0. The minimum absolute atomic E-state index is 0.643. The van der Waals surface area contributed by atoms with E-state index in [-0.39, 0.29) is 0 Å². The SMILES string of the molecule is CNc1ncc(-c2ccc(SC)cc2)cn1. The summed E-state index contributed by atoms with van der Waals surface area (Å²) >= 11 is 1.74. The van der Waals surface area contributed by atoms with Crippen LogP contribution in [0.2, 0.25) is 0 Å². The number of hydrogen-bond donors (Lipinski definition) is 1. The molecule has 1 N–H and O–H groups in total. The molecule has 1 aromatic heterocycles. The van der Waals surface area contributed by atoms with Gasteiger partial charge in [0.2, 0.25) is 5.95 Å². The van der Waals surface area contributed by atoms with Gasteiger partial charge < -0.3 is 5.32 Å². The molecule has 0 aliphatic carbocycles. The average molecular weight is 231 g/mol. The highest BCUT2D eigenvalue weighted by atomic mass is 32.2. The molecule has 0 amide bonds. The summed E-state index contributed by atoms with van der Waals surface area (Å²) in [6, 6.07) is 8.38. The number of benzene rings is 1. The zero-order chi connectivity index (χ0) is 11.4. The molecule has 4 heteroatoms. The van der Waals surface area contributed by atoms with Crippen LogP contribution in [0.3, 0.4) is 0 Å². The minimum Gasteiger partial charge on any atom is -0.357 e. The van der Waals surface area contributed by atoms with Gasteiger partial charge in [-0.3, -0.25) is 0 Å². The van der Waals surface area contributed by atoms with Crippen LogP contribution in [0.4, 0.5) is 5.95 Å². The predicted octanol–water partition coefficient (Wildman–Crippen LogP) is 2.91. The first-order valence-electron chi connectivity index (χ1n) is 4.97. The zero-order valence-corrected chi connectivity index (χ0v) is 10.1. The third-order valence-corrected chi connectivity index (χ3v) is 3.04. The molecule has 0 saturated heterocycles. The van der Waals surface area contributed by atoms with Crippen LogP contribution >= 0.6 is 11.8 Å². The van der Waals surface area contributed by atoms with E-state index in [1.165, 1.54) is 4.90 Å². The Morgan fingerprint density at radius 1 is 1.00 bits per heavy atom. The molecule has 0 radical (unpaired) electrons. The van der Waals surface area contributed by atoms with Crippen molar-refractivity contribution in [2.75, 3.05) is 18.6 Å². The molecule has 2 aromatic rings. The molecule has 0 aliphatic heterocycles. The second kappa shape index (κ2) is 4.99. The summed E-state index contributed by atoms with van der Waals surface area (Å²) in [7, 11) is 1.81. The lowest BCUT2D eigenvalue weighted by Gasteiger charge is -2.03. The normalized spacial score (nSPS) is 10.1. The summed E-state index contributed by atoms with van der Waals surface area (Å²) in [5.74, 6) is 0.643. The molecule has 2 rings (SSSR count). The molecular formula is C12H13N3S. The number of aromatic nitrogens is 2. The van der Waals surface area contributed by atoms with Crippen molar-refractivity contribution in [3.8, 4) is 11.1 Å². The van der Waals surface area contributed by atoms with Gasteiger partial charge in [0.1, 0.15) is 0 Å². The largest absolute Gasteiger partial charge is 0.357 e. The number of nitrogens with one attached hydrogen (secondary N) is 1. The van der Waals surface area contributed by atoms with Gasteiger partial charge in [-0.15, -0.1) is 11.8 Å². The summed E-state index contributed by atoms with van der Waals surface area (Å²) < 4.78 is 0. The van der Waals surface area contributed by atoms with Gasteiger partial charge in [0, 0.05) is 29.9 Å². The van der Waals surface area contributed by atoms with Gasteiger partial charge >= 0.3 is 0 Å². The molecule has 0 fully saturated rings. The van der Waals surface area contributed by atoms with Crippen molar-refractivity contribution in [2.24, 2.45) is 0 Å². The number of nitrogens with zero attached hydrogens (tertiary/aromatic N) is 2. The van der Waals surface area contributed by atoms with E-state index < -0.39 is 0 Å². The maximum absolute atomic E-state index is 4.19. The molecule has 1 aromatic carbocycles. The molecule has 3 nitrogen and oxygen atoms in total. The Morgan fingerprint density at radius 3 is 2.12 bits per heavy atom. The van der Waals surface area contributed by atoms with Gasteiger partial charge in [-0.25, -0.2) is 9.97 Å². The predicted molar refractivity (Wildman–Crippen MR) is 68.8 cm³/mol. The maximum Gasteiger partial charge on any atom is 0.222 e. The number of hydrogen-bond acceptors (Lipinski definition) is 4. The Bertz CT molecular complexity index is 405. The highest BCUT2D eigenvalue weighted by Gasteiger charge is 1.99. The molecule has 0 bridgehead atoms. The van der Waals surface area contributed by atoms with Gasteiger partial charge in [-0.2, -0.15) is 0 Å². The Balaban J connectivity index is 2.28. The first-order valence-corrected chi connectivity index (χ1v) is 6.20. The van der Waals surface area contributed by atoms with Gasteiger partial charge in [-0.1, -0.05) is 12.1 Å². The molecular weight excluding hydrogens is 218 g/mol. The van der Waals surface area contributed by atoms with E-state index >= 15 is 0 Å². The molecule has 0 atom stereocenters. The quantitative estimate of drug-likeness (QED) is 0.824. The summed E-state index contributed by atoms with van der Waals surface area (Å²) in [6.45, 7) is 0. The van der Waals surface area contributed by atoms with Crippen molar-refractivity contribution in [1.82, 2.24) is 9.97 Å². The van der Waals surface area contributed by atoms with Crippen LogP contribution in [0.15, 0.2) is 41.6 Å². The number of rotatable bonds is 3. The van der Waals surface area contributed by atoms with Crippen LogP contribution in [-0.2, 0) is 0 Å². The van der Waals surface area contributed by atoms with Crippen molar-refractivity contribution in [1.29, 1.82) is 0 Å². The summed E-state index contributed by atoms with van der Waals surface area (Å²) in [5, 5.41) is 2.90. The van der Waals surface area contributed by atoms with Crippen molar-refractivity contribution < 1.29 is 0 Å². The Kier molecular flexibility index (Phi) is 3.41. The lowest BCUT2D eigenvalue weighted by atomic mass is 10.1. The highest BCUT2D eigenvalue weighted by Crippen LogP contribution is 2.22. The average Bonchev–Trinajstić information content (AvgIpc) is 2.39. The second-order valence-electron chi connectivity index (χ2n) is 3.27. The van der Waals surface area contributed by atoms with Crippen molar-refractivity contribution in [3.05, 3.63) is 36.7 Å². The summed E-state index contributed by atoms with van der Waals surface area (Å²) in [6.07, 6.45) is 5.72. The first-order chi connectivity index (χ1) is 7.83. The molecule has 16 heavy (non-hydrogen) atoms. The van der Waals surface area contributed by atoms with Crippen LogP contribution in [0.5, 0.6) is 0 Å². The fourth-order valence-corrected chi connectivity index (χ4v) is 1.80. The van der Waals surface area contributed by atoms with Crippen LogP contribution in [0, 0.1) is 0 Å². The molecule has 1 heterocycles. The topological polar surface area (TPSA) is 37.8 Å². The van der Waals surface area contributed by atoms with Gasteiger partial charge in [0.25, 0.3) is 0 Å². The van der Waals surface area contributed by atoms with E-state index in [0.717, 1.165) is 11.1 Å². The fraction of sp³-hybridized carbons (Fsp3) is 0.167. The highest BCUT2D eigenvalue weighted by molar-refractivity contribution is 7.98. The molecule has 82 valence electrons. The lowest BCUT2D eigenvalue weighted by molar-refractivity contribution is 1.15.